The number of quaternary nitrogens is 1. The second kappa shape index (κ2) is 3.38. The van der Waals surface area contributed by atoms with E-state index in [0.29, 0.717) is 17.1 Å². The maximum absolute atomic E-state index is 2.53. The number of piperidine rings is 1. The van der Waals surface area contributed by atoms with Crippen molar-refractivity contribution in [1.29, 1.82) is 0 Å². The third-order valence-corrected chi connectivity index (χ3v) is 3.35. The largest absolute Gasteiger partial charge is 0.351 e. The predicted molar refractivity (Wildman–Crippen MR) is 62.8 cm³/mol. The summed E-state index contributed by atoms with van der Waals surface area (Å²) in [4.78, 5) is 0. The third kappa shape index (κ3) is 2.43. The molecule has 2 rings (SSSR count). The van der Waals surface area contributed by atoms with Crippen LogP contribution < -0.4 is 5.32 Å². The van der Waals surface area contributed by atoms with Gasteiger partial charge in [-0.1, -0.05) is 0 Å². The minimum atomic E-state index is 0.358. The van der Waals surface area contributed by atoms with Gasteiger partial charge in [-0.05, 0) is 39.8 Å². The quantitative estimate of drug-likeness (QED) is 0.727. The Labute approximate surface area is 92.7 Å². The first-order valence-electron chi connectivity index (χ1n) is 5.88. The van der Waals surface area contributed by atoms with Crippen molar-refractivity contribution in [2.45, 2.75) is 57.7 Å². The first-order valence-corrected chi connectivity index (χ1v) is 5.88. The zero-order valence-electron chi connectivity index (χ0n) is 10.3. The molecule has 1 aliphatic heterocycles. The smallest absolute Gasteiger partial charge is 0.0928 e. The van der Waals surface area contributed by atoms with Gasteiger partial charge in [-0.15, -0.1) is 0 Å². The summed E-state index contributed by atoms with van der Waals surface area (Å²) in [5, 5.41) is 2.53. The minimum absolute atomic E-state index is 0.358. The minimum Gasteiger partial charge on any atom is -0.351 e. The maximum Gasteiger partial charge on any atom is 0.0928 e. The van der Waals surface area contributed by atoms with Gasteiger partial charge < -0.3 is 9.88 Å². The van der Waals surface area contributed by atoms with Gasteiger partial charge in [0.15, 0.2) is 0 Å². The average molecular weight is 207 g/mol. The molecule has 0 amide bonds. The van der Waals surface area contributed by atoms with Gasteiger partial charge in [0.05, 0.1) is 11.1 Å². The Morgan fingerprint density at radius 2 is 1.47 bits per heavy atom. The van der Waals surface area contributed by atoms with E-state index in [2.05, 4.69) is 62.1 Å². The van der Waals surface area contributed by atoms with E-state index in [4.69, 9.17) is 0 Å². The molecule has 0 spiro atoms. The second-order valence-electron chi connectivity index (χ2n) is 6.31. The van der Waals surface area contributed by atoms with Crippen molar-refractivity contribution in [3.8, 4) is 0 Å². The lowest BCUT2D eigenvalue weighted by Gasteiger charge is -2.43. The Morgan fingerprint density at radius 1 is 1.00 bits per heavy atom. The molecule has 1 aromatic heterocycles. The molecule has 0 aromatic carbocycles. The van der Waals surface area contributed by atoms with E-state index in [-0.39, 0.29) is 0 Å². The van der Waals surface area contributed by atoms with Gasteiger partial charge in [-0.3, -0.25) is 0 Å². The molecule has 1 aliphatic rings. The monoisotopic (exact) mass is 207 g/mol. The zero-order valence-corrected chi connectivity index (χ0v) is 10.3. The number of nitrogens with two attached hydrogens (primary N) is 1. The third-order valence-electron chi connectivity index (χ3n) is 3.35. The van der Waals surface area contributed by atoms with Gasteiger partial charge in [0, 0.05) is 31.3 Å². The molecule has 0 saturated carbocycles. The molecule has 2 N–H and O–H groups in total. The van der Waals surface area contributed by atoms with Crippen molar-refractivity contribution in [1.82, 2.24) is 4.57 Å². The fourth-order valence-corrected chi connectivity index (χ4v) is 3.26. The molecule has 1 aromatic rings. The van der Waals surface area contributed by atoms with Crippen LogP contribution in [0.3, 0.4) is 0 Å². The van der Waals surface area contributed by atoms with E-state index in [1.165, 1.54) is 12.8 Å². The number of aromatic nitrogens is 1. The summed E-state index contributed by atoms with van der Waals surface area (Å²) in [7, 11) is 0. The number of rotatable bonds is 1. The topological polar surface area (TPSA) is 21.5 Å². The van der Waals surface area contributed by atoms with Crippen LogP contribution in [-0.4, -0.2) is 15.6 Å². The highest BCUT2D eigenvalue weighted by molar-refractivity contribution is 4.96. The molecular formula is C13H23N2+. The highest BCUT2D eigenvalue weighted by Gasteiger charge is 2.41. The van der Waals surface area contributed by atoms with Crippen molar-refractivity contribution in [2.24, 2.45) is 0 Å². The van der Waals surface area contributed by atoms with Gasteiger partial charge in [-0.25, -0.2) is 0 Å². The highest BCUT2D eigenvalue weighted by atomic mass is 15.1. The zero-order chi connectivity index (χ0) is 11.1. The van der Waals surface area contributed by atoms with Crippen molar-refractivity contribution >= 4 is 0 Å². The Bertz CT molecular complexity index is 306. The highest BCUT2D eigenvalue weighted by Crippen LogP contribution is 2.30. The van der Waals surface area contributed by atoms with E-state index in [1.54, 1.807) is 0 Å². The van der Waals surface area contributed by atoms with Gasteiger partial charge in [0.2, 0.25) is 0 Å². The Kier molecular flexibility index (Phi) is 2.42. The number of nitrogens with zero attached hydrogens (tertiary/aromatic N) is 1. The lowest BCUT2D eigenvalue weighted by molar-refractivity contribution is -0.789. The second-order valence-corrected chi connectivity index (χ2v) is 6.31. The molecule has 15 heavy (non-hydrogen) atoms. The summed E-state index contributed by atoms with van der Waals surface area (Å²) in [5.74, 6) is 0. The number of hydrogen-bond donors (Lipinski definition) is 1. The fourth-order valence-electron chi connectivity index (χ4n) is 3.26. The summed E-state index contributed by atoms with van der Waals surface area (Å²) in [6, 6.07) is 4.91. The first-order chi connectivity index (χ1) is 6.88. The van der Waals surface area contributed by atoms with Crippen molar-refractivity contribution in [3.63, 3.8) is 0 Å². The molecule has 0 radical (unpaired) electrons. The van der Waals surface area contributed by atoms with Gasteiger partial charge in [-0.2, -0.15) is 0 Å². The standard InChI is InChI=1S/C13H22N2/c1-12(2)9-11(10-13(3,4)14-12)15-7-5-6-8-15/h5-8,11,14H,9-10H2,1-4H3/p+1. The summed E-state index contributed by atoms with van der Waals surface area (Å²) < 4.78 is 2.37. The molecule has 2 heteroatoms. The summed E-state index contributed by atoms with van der Waals surface area (Å²) in [6.45, 7) is 9.41. The molecular weight excluding hydrogens is 184 g/mol. The van der Waals surface area contributed by atoms with Crippen LogP contribution in [0, 0.1) is 0 Å². The SMILES string of the molecule is CC1(C)CC(n2cccc2)CC(C)(C)[NH2+]1. The van der Waals surface area contributed by atoms with Crippen LogP contribution in [0.2, 0.25) is 0 Å². The number of hydrogen-bond acceptors (Lipinski definition) is 0. The molecule has 1 fully saturated rings. The molecule has 1 saturated heterocycles. The lowest BCUT2D eigenvalue weighted by atomic mass is 9.79. The molecule has 84 valence electrons. The molecule has 0 atom stereocenters. The normalized spacial score (nSPS) is 25.3. The van der Waals surface area contributed by atoms with Crippen LogP contribution in [0.4, 0.5) is 0 Å². The van der Waals surface area contributed by atoms with Crippen LogP contribution in [0.5, 0.6) is 0 Å². The van der Waals surface area contributed by atoms with E-state index in [1.807, 2.05) is 0 Å². The van der Waals surface area contributed by atoms with Crippen LogP contribution >= 0.6 is 0 Å². The van der Waals surface area contributed by atoms with E-state index < -0.39 is 0 Å². The molecule has 2 nitrogen and oxygen atoms in total. The van der Waals surface area contributed by atoms with Gasteiger partial charge in [0.1, 0.15) is 0 Å². The molecule has 0 aliphatic carbocycles. The summed E-state index contributed by atoms with van der Waals surface area (Å²) in [6.07, 6.45) is 6.90. The molecule has 0 bridgehead atoms. The average Bonchev–Trinajstić information content (AvgIpc) is 2.48. The van der Waals surface area contributed by atoms with E-state index >= 15 is 0 Å². The Morgan fingerprint density at radius 3 is 1.93 bits per heavy atom. The fraction of sp³-hybridized carbons (Fsp3) is 0.692. The Hall–Kier alpha value is -0.760. The first kappa shape index (κ1) is 10.7. The van der Waals surface area contributed by atoms with Crippen molar-refractivity contribution < 1.29 is 5.32 Å². The van der Waals surface area contributed by atoms with Crippen molar-refractivity contribution in [2.75, 3.05) is 0 Å². The van der Waals surface area contributed by atoms with Crippen molar-refractivity contribution in [3.05, 3.63) is 24.5 Å². The summed E-state index contributed by atoms with van der Waals surface area (Å²) in [5.41, 5.74) is 0.716. The van der Waals surface area contributed by atoms with Gasteiger partial charge >= 0.3 is 0 Å². The van der Waals surface area contributed by atoms with Crippen LogP contribution in [0.15, 0.2) is 24.5 Å². The van der Waals surface area contributed by atoms with Gasteiger partial charge in [0.25, 0.3) is 0 Å². The molecule has 2 heterocycles. The van der Waals surface area contributed by atoms with Crippen LogP contribution in [0.1, 0.15) is 46.6 Å². The molecule has 0 unspecified atom stereocenters. The predicted octanol–water partition coefficient (Wildman–Crippen LogP) is 1.94. The lowest BCUT2D eigenvalue weighted by Crippen LogP contribution is -3.05. The van der Waals surface area contributed by atoms with E-state index in [9.17, 15) is 0 Å². The van der Waals surface area contributed by atoms with Crippen LogP contribution in [-0.2, 0) is 0 Å². The maximum atomic E-state index is 2.53. The van der Waals surface area contributed by atoms with E-state index in [0.717, 1.165) is 0 Å². The van der Waals surface area contributed by atoms with Crippen LogP contribution in [0.25, 0.3) is 0 Å². The summed E-state index contributed by atoms with van der Waals surface area (Å²) >= 11 is 0. The Balaban J connectivity index is 2.21.